The third-order valence-electron chi connectivity index (χ3n) is 2.33. The second kappa shape index (κ2) is 2.10. The molecule has 2 heteroatoms. The summed E-state index contributed by atoms with van der Waals surface area (Å²) >= 11 is 0. The highest BCUT2D eigenvalue weighted by Gasteiger charge is 2.17. The normalized spacial score (nSPS) is 14.0. The van der Waals surface area contributed by atoms with Crippen molar-refractivity contribution < 1.29 is 9.21 Å². The van der Waals surface area contributed by atoms with Crippen molar-refractivity contribution in [3.63, 3.8) is 0 Å². The van der Waals surface area contributed by atoms with Crippen LogP contribution in [0.15, 0.2) is 35.0 Å². The molecule has 0 spiro atoms. The van der Waals surface area contributed by atoms with E-state index in [-0.39, 0.29) is 5.78 Å². The van der Waals surface area contributed by atoms with Crippen LogP contribution in [-0.2, 0) is 0 Å². The van der Waals surface area contributed by atoms with Crippen molar-refractivity contribution in [2.45, 2.75) is 0 Å². The van der Waals surface area contributed by atoms with Gasteiger partial charge in [0, 0.05) is 10.9 Å². The summed E-state index contributed by atoms with van der Waals surface area (Å²) in [7, 11) is 0. The van der Waals surface area contributed by atoms with E-state index in [1.807, 2.05) is 24.3 Å². The molecule has 1 aliphatic rings. The van der Waals surface area contributed by atoms with Crippen molar-refractivity contribution in [1.29, 1.82) is 0 Å². The lowest BCUT2D eigenvalue weighted by Crippen LogP contribution is -1.91. The van der Waals surface area contributed by atoms with Crippen LogP contribution in [0, 0.1) is 0 Å². The lowest BCUT2D eigenvalue weighted by atomic mass is 10.1. The van der Waals surface area contributed by atoms with Crippen LogP contribution in [0.3, 0.4) is 0 Å². The van der Waals surface area contributed by atoms with Gasteiger partial charge >= 0.3 is 0 Å². The van der Waals surface area contributed by atoms with Crippen molar-refractivity contribution in [3.8, 4) is 0 Å². The van der Waals surface area contributed by atoms with Crippen molar-refractivity contribution in [3.05, 3.63) is 41.7 Å². The monoisotopic (exact) mass is 170 g/mol. The second-order valence-corrected chi connectivity index (χ2v) is 3.06. The summed E-state index contributed by atoms with van der Waals surface area (Å²) in [6.07, 6.45) is 5.04. The predicted octanol–water partition coefficient (Wildman–Crippen LogP) is 2.64. The quantitative estimate of drug-likeness (QED) is 0.608. The van der Waals surface area contributed by atoms with E-state index in [2.05, 4.69) is 0 Å². The largest absolute Gasteiger partial charge is 0.464 e. The van der Waals surface area contributed by atoms with Crippen LogP contribution in [0.4, 0.5) is 0 Å². The molecular formula is C11H6O2. The zero-order valence-corrected chi connectivity index (χ0v) is 6.78. The highest BCUT2D eigenvalue weighted by atomic mass is 16.3. The molecule has 0 N–H and O–H groups in total. The number of hydrogen-bond donors (Lipinski definition) is 0. The van der Waals surface area contributed by atoms with Gasteiger partial charge in [0.2, 0.25) is 0 Å². The fraction of sp³-hybridized carbons (Fsp3) is 0. The molecule has 0 aliphatic heterocycles. The van der Waals surface area contributed by atoms with E-state index in [0.717, 1.165) is 22.1 Å². The summed E-state index contributed by atoms with van der Waals surface area (Å²) in [4.78, 5) is 11.4. The van der Waals surface area contributed by atoms with Gasteiger partial charge in [0.25, 0.3) is 0 Å². The average molecular weight is 170 g/mol. The number of carbonyl (C=O) groups is 1. The first kappa shape index (κ1) is 6.66. The predicted molar refractivity (Wildman–Crippen MR) is 49.6 cm³/mol. The molecule has 0 bridgehead atoms. The van der Waals surface area contributed by atoms with Gasteiger partial charge in [-0.25, -0.2) is 0 Å². The molecule has 0 saturated carbocycles. The summed E-state index contributed by atoms with van der Waals surface area (Å²) in [5, 5.41) is 0.910. The number of benzene rings is 1. The van der Waals surface area contributed by atoms with Gasteiger partial charge in [0.1, 0.15) is 5.58 Å². The highest BCUT2D eigenvalue weighted by molar-refractivity contribution is 6.20. The molecule has 13 heavy (non-hydrogen) atoms. The van der Waals surface area contributed by atoms with Gasteiger partial charge in [-0.1, -0.05) is 12.1 Å². The average Bonchev–Trinajstić information content (AvgIpc) is 2.70. The number of hydrogen-bond acceptors (Lipinski definition) is 2. The smallest absolute Gasteiger partial charge is 0.187 e. The maximum absolute atomic E-state index is 11.4. The SMILES string of the molecule is O=C1C=Cc2ccc3occc3c21. The van der Waals surface area contributed by atoms with Crippen molar-refractivity contribution >= 4 is 22.8 Å². The number of carbonyl (C=O) groups excluding carboxylic acids is 1. The fourth-order valence-corrected chi connectivity index (χ4v) is 1.72. The first-order valence-electron chi connectivity index (χ1n) is 4.09. The molecule has 62 valence electrons. The van der Waals surface area contributed by atoms with Gasteiger partial charge in [-0.3, -0.25) is 4.79 Å². The fourth-order valence-electron chi connectivity index (χ4n) is 1.72. The highest BCUT2D eigenvalue weighted by Crippen LogP contribution is 2.28. The molecule has 0 unspecified atom stereocenters. The minimum atomic E-state index is 0.0713. The molecule has 1 aliphatic carbocycles. The first-order chi connectivity index (χ1) is 6.36. The number of rotatable bonds is 0. The van der Waals surface area contributed by atoms with Gasteiger partial charge in [0.05, 0.1) is 6.26 Å². The van der Waals surface area contributed by atoms with E-state index in [1.165, 1.54) is 0 Å². The lowest BCUT2D eigenvalue weighted by molar-refractivity contribution is 0.105. The maximum Gasteiger partial charge on any atom is 0.187 e. The molecule has 1 aromatic carbocycles. The Labute approximate surface area is 74.5 Å². The van der Waals surface area contributed by atoms with Crippen LogP contribution in [0.25, 0.3) is 17.0 Å². The Morgan fingerprint density at radius 2 is 2.00 bits per heavy atom. The van der Waals surface area contributed by atoms with E-state index in [1.54, 1.807) is 12.3 Å². The Balaban J connectivity index is 2.53. The number of ketones is 1. The van der Waals surface area contributed by atoms with Crippen molar-refractivity contribution in [2.24, 2.45) is 0 Å². The molecular weight excluding hydrogens is 164 g/mol. The van der Waals surface area contributed by atoms with E-state index < -0.39 is 0 Å². The first-order valence-corrected chi connectivity index (χ1v) is 4.09. The zero-order chi connectivity index (χ0) is 8.84. The number of allylic oxidation sites excluding steroid dienone is 1. The van der Waals surface area contributed by atoms with Crippen LogP contribution in [0.2, 0.25) is 0 Å². The van der Waals surface area contributed by atoms with Crippen LogP contribution >= 0.6 is 0 Å². The minimum Gasteiger partial charge on any atom is -0.464 e. The molecule has 0 atom stereocenters. The Hall–Kier alpha value is -1.83. The van der Waals surface area contributed by atoms with Gasteiger partial charge in [-0.15, -0.1) is 0 Å². The minimum absolute atomic E-state index is 0.0713. The topological polar surface area (TPSA) is 30.2 Å². The summed E-state index contributed by atoms with van der Waals surface area (Å²) in [5.74, 6) is 0.0713. The Morgan fingerprint density at radius 3 is 2.92 bits per heavy atom. The van der Waals surface area contributed by atoms with Crippen LogP contribution in [-0.4, -0.2) is 5.78 Å². The summed E-state index contributed by atoms with van der Waals surface area (Å²) in [6, 6.07) is 5.62. The molecule has 0 radical (unpaired) electrons. The zero-order valence-electron chi connectivity index (χ0n) is 6.78. The molecule has 3 rings (SSSR count). The number of furan rings is 1. The second-order valence-electron chi connectivity index (χ2n) is 3.06. The Bertz CT molecular complexity index is 532. The van der Waals surface area contributed by atoms with Gasteiger partial charge in [0.15, 0.2) is 5.78 Å². The number of fused-ring (bicyclic) bond motifs is 3. The van der Waals surface area contributed by atoms with Gasteiger partial charge < -0.3 is 4.42 Å². The van der Waals surface area contributed by atoms with E-state index >= 15 is 0 Å². The van der Waals surface area contributed by atoms with E-state index in [0.29, 0.717) is 0 Å². The molecule has 1 aromatic heterocycles. The van der Waals surface area contributed by atoms with Crippen LogP contribution in [0.5, 0.6) is 0 Å². The molecule has 1 heterocycles. The summed E-state index contributed by atoms with van der Waals surface area (Å²) < 4.78 is 5.21. The lowest BCUT2D eigenvalue weighted by Gasteiger charge is -1.97. The summed E-state index contributed by atoms with van der Waals surface area (Å²) in [6.45, 7) is 0. The van der Waals surface area contributed by atoms with Gasteiger partial charge in [-0.05, 0) is 23.8 Å². The van der Waals surface area contributed by atoms with Crippen molar-refractivity contribution in [2.75, 3.05) is 0 Å². The maximum atomic E-state index is 11.4. The Kier molecular flexibility index (Phi) is 1.08. The molecule has 0 saturated heterocycles. The molecule has 0 fully saturated rings. The molecule has 2 nitrogen and oxygen atoms in total. The standard InChI is InChI=1S/C11H6O2/c12-9-3-1-7-2-4-10-8(11(7)9)5-6-13-10/h1-6H. The van der Waals surface area contributed by atoms with Crippen LogP contribution < -0.4 is 0 Å². The van der Waals surface area contributed by atoms with Crippen LogP contribution in [0.1, 0.15) is 15.9 Å². The summed E-state index contributed by atoms with van der Waals surface area (Å²) in [5.41, 5.74) is 2.53. The molecule has 2 aromatic rings. The van der Waals surface area contributed by atoms with E-state index in [4.69, 9.17) is 4.42 Å². The Morgan fingerprint density at radius 1 is 1.08 bits per heavy atom. The molecule has 0 amide bonds. The van der Waals surface area contributed by atoms with Crippen molar-refractivity contribution in [1.82, 2.24) is 0 Å². The third-order valence-corrected chi connectivity index (χ3v) is 2.33. The van der Waals surface area contributed by atoms with Gasteiger partial charge in [-0.2, -0.15) is 0 Å². The third kappa shape index (κ3) is 0.746. The van der Waals surface area contributed by atoms with E-state index in [9.17, 15) is 4.79 Å².